The number of aromatic amines is 1. The molecule has 4 aromatic rings. The van der Waals surface area contributed by atoms with E-state index in [9.17, 15) is 8.78 Å². The molecule has 0 spiro atoms. The highest BCUT2D eigenvalue weighted by molar-refractivity contribution is 6.08. The van der Waals surface area contributed by atoms with Crippen molar-refractivity contribution in [1.82, 2.24) is 15.0 Å². The van der Waals surface area contributed by atoms with Gasteiger partial charge in [-0.1, -0.05) is 12.1 Å². The number of hydrogen-bond acceptors (Lipinski definition) is 4. The van der Waals surface area contributed by atoms with Crippen molar-refractivity contribution in [2.75, 3.05) is 36.0 Å². The molecule has 0 saturated carbocycles. The first-order chi connectivity index (χ1) is 13.2. The predicted molar refractivity (Wildman–Crippen MR) is 102 cm³/mol. The van der Waals surface area contributed by atoms with E-state index in [1.807, 2.05) is 11.0 Å². The summed E-state index contributed by atoms with van der Waals surface area (Å²) in [5, 5.41) is 0.749. The van der Waals surface area contributed by atoms with Crippen molar-refractivity contribution in [3.05, 3.63) is 60.4 Å². The fourth-order valence-corrected chi connectivity index (χ4v) is 3.76. The van der Waals surface area contributed by atoms with E-state index in [4.69, 9.17) is 0 Å². The maximum Gasteiger partial charge on any atom is 0.156 e. The van der Waals surface area contributed by atoms with E-state index in [1.165, 1.54) is 24.5 Å². The van der Waals surface area contributed by atoms with Crippen LogP contribution in [0.15, 0.2) is 48.8 Å². The molecule has 0 aliphatic carbocycles. The summed E-state index contributed by atoms with van der Waals surface area (Å²) in [6.45, 7) is 2.82. The van der Waals surface area contributed by atoms with Crippen LogP contribution in [0.4, 0.5) is 20.3 Å². The van der Waals surface area contributed by atoms with Gasteiger partial charge in [0.1, 0.15) is 29.0 Å². The lowest BCUT2D eigenvalue weighted by Gasteiger charge is -2.36. The van der Waals surface area contributed by atoms with Crippen molar-refractivity contribution in [3.8, 4) is 0 Å². The van der Waals surface area contributed by atoms with Gasteiger partial charge in [-0.25, -0.2) is 18.7 Å². The van der Waals surface area contributed by atoms with Gasteiger partial charge in [0.2, 0.25) is 0 Å². The third kappa shape index (κ3) is 2.66. The first-order valence-electron chi connectivity index (χ1n) is 8.87. The summed E-state index contributed by atoms with van der Waals surface area (Å²) in [6.07, 6.45) is 1.51. The fourth-order valence-electron chi connectivity index (χ4n) is 3.76. The van der Waals surface area contributed by atoms with Crippen LogP contribution in [0.5, 0.6) is 0 Å². The lowest BCUT2D eigenvalue weighted by Crippen LogP contribution is -2.47. The third-order valence-corrected chi connectivity index (χ3v) is 5.10. The Morgan fingerprint density at radius 1 is 0.889 bits per heavy atom. The Morgan fingerprint density at radius 3 is 2.48 bits per heavy atom. The molecule has 0 bridgehead atoms. The number of nitrogens with zero attached hydrogens (tertiary/aromatic N) is 4. The monoisotopic (exact) mass is 365 g/mol. The molecule has 1 N–H and O–H groups in total. The van der Waals surface area contributed by atoms with E-state index >= 15 is 0 Å². The molecule has 2 aromatic carbocycles. The van der Waals surface area contributed by atoms with Crippen LogP contribution in [-0.2, 0) is 0 Å². The van der Waals surface area contributed by atoms with Crippen LogP contribution in [0.25, 0.3) is 21.9 Å². The Kier molecular flexibility index (Phi) is 3.67. The zero-order valence-electron chi connectivity index (χ0n) is 14.5. The Balaban J connectivity index is 1.47. The van der Waals surface area contributed by atoms with Gasteiger partial charge in [0.25, 0.3) is 0 Å². The molecule has 0 radical (unpaired) electrons. The lowest BCUT2D eigenvalue weighted by atomic mass is 10.2. The van der Waals surface area contributed by atoms with Crippen LogP contribution in [0.1, 0.15) is 0 Å². The summed E-state index contributed by atoms with van der Waals surface area (Å²) in [7, 11) is 0. The molecule has 1 aliphatic heterocycles. The SMILES string of the molecule is Fc1ccc2[nH]c3c(N4CCN(c5ccccc5F)CC4)ncnc3c2c1. The van der Waals surface area contributed by atoms with Gasteiger partial charge in [0, 0.05) is 37.1 Å². The maximum absolute atomic E-state index is 14.0. The summed E-state index contributed by atoms with van der Waals surface area (Å²) >= 11 is 0. The molecule has 27 heavy (non-hydrogen) atoms. The van der Waals surface area contributed by atoms with Gasteiger partial charge in [-0.05, 0) is 30.3 Å². The average molecular weight is 365 g/mol. The number of H-pyrrole nitrogens is 1. The number of nitrogens with one attached hydrogen (secondary N) is 1. The van der Waals surface area contributed by atoms with Crippen LogP contribution < -0.4 is 9.80 Å². The fraction of sp³-hybridized carbons (Fsp3) is 0.200. The zero-order chi connectivity index (χ0) is 18.4. The Bertz CT molecular complexity index is 1130. The van der Waals surface area contributed by atoms with Crippen LogP contribution in [0, 0.1) is 11.6 Å². The first-order valence-corrected chi connectivity index (χ1v) is 8.87. The van der Waals surface area contributed by atoms with Crippen molar-refractivity contribution in [2.45, 2.75) is 0 Å². The summed E-state index contributed by atoms with van der Waals surface area (Å²) in [5.41, 5.74) is 2.98. The largest absolute Gasteiger partial charge is 0.366 e. The summed E-state index contributed by atoms with van der Waals surface area (Å²) < 4.78 is 27.7. The van der Waals surface area contributed by atoms with Gasteiger partial charge >= 0.3 is 0 Å². The second kappa shape index (κ2) is 6.19. The molecule has 0 amide bonds. The van der Waals surface area contributed by atoms with Gasteiger partial charge in [-0.2, -0.15) is 0 Å². The second-order valence-corrected chi connectivity index (χ2v) is 6.66. The number of fused-ring (bicyclic) bond motifs is 3. The number of rotatable bonds is 2. The topological polar surface area (TPSA) is 48.1 Å². The van der Waals surface area contributed by atoms with Crippen molar-refractivity contribution in [2.24, 2.45) is 0 Å². The zero-order valence-corrected chi connectivity index (χ0v) is 14.5. The first kappa shape index (κ1) is 16.0. The highest BCUT2D eigenvalue weighted by Gasteiger charge is 2.23. The van der Waals surface area contributed by atoms with E-state index < -0.39 is 0 Å². The van der Waals surface area contributed by atoms with Gasteiger partial charge in [-0.3, -0.25) is 0 Å². The number of aromatic nitrogens is 3. The highest BCUT2D eigenvalue weighted by atomic mass is 19.1. The molecule has 3 heterocycles. The van der Waals surface area contributed by atoms with Gasteiger partial charge in [-0.15, -0.1) is 0 Å². The van der Waals surface area contributed by atoms with Crippen LogP contribution in [-0.4, -0.2) is 41.1 Å². The normalized spacial score (nSPS) is 15.0. The number of piperazine rings is 1. The van der Waals surface area contributed by atoms with Crippen LogP contribution in [0.3, 0.4) is 0 Å². The molecular weight excluding hydrogens is 348 g/mol. The molecule has 0 atom stereocenters. The third-order valence-electron chi connectivity index (χ3n) is 5.10. The van der Waals surface area contributed by atoms with E-state index in [2.05, 4.69) is 19.9 Å². The second-order valence-electron chi connectivity index (χ2n) is 6.66. The molecule has 0 unspecified atom stereocenters. The summed E-state index contributed by atoms with van der Waals surface area (Å²) in [4.78, 5) is 16.3. The molecule has 1 saturated heterocycles. The summed E-state index contributed by atoms with van der Waals surface area (Å²) in [6, 6.07) is 11.5. The average Bonchev–Trinajstić information content (AvgIpc) is 3.07. The van der Waals surface area contributed by atoms with Gasteiger partial charge in [0.05, 0.1) is 5.69 Å². The number of anilines is 2. The van der Waals surface area contributed by atoms with Gasteiger partial charge in [0.15, 0.2) is 5.82 Å². The van der Waals surface area contributed by atoms with Crippen molar-refractivity contribution in [1.29, 1.82) is 0 Å². The van der Waals surface area contributed by atoms with Gasteiger partial charge < -0.3 is 14.8 Å². The van der Waals surface area contributed by atoms with Crippen molar-refractivity contribution in [3.63, 3.8) is 0 Å². The smallest absolute Gasteiger partial charge is 0.156 e. The molecule has 1 fully saturated rings. The minimum absolute atomic E-state index is 0.201. The van der Waals surface area contributed by atoms with Crippen molar-refractivity contribution < 1.29 is 8.78 Å². The van der Waals surface area contributed by atoms with E-state index in [-0.39, 0.29) is 11.6 Å². The number of para-hydroxylation sites is 1. The quantitative estimate of drug-likeness (QED) is 0.588. The summed E-state index contributed by atoms with van der Waals surface area (Å²) in [5.74, 6) is 0.305. The molecule has 2 aromatic heterocycles. The number of hydrogen-bond donors (Lipinski definition) is 1. The standard InChI is InChI=1S/C20H17F2N5/c21-13-5-6-16-14(11-13)18-19(25-16)20(24-12-23-18)27-9-7-26(8-10-27)17-4-2-1-3-15(17)22/h1-6,11-12,25H,7-10H2. The molecule has 1 aliphatic rings. The molecular formula is C20H17F2N5. The Labute approximate surface area is 154 Å². The number of benzene rings is 2. The lowest BCUT2D eigenvalue weighted by molar-refractivity contribution is 0.596. The number of halogens is 2. The maximum atomic E-state index is 14.0. The molecule has 7 heteroatoms. The Morgan fingerprint density at radius 2 is 1.67 bits per heavy atom. The minimum Gasteiger partial charge on any atom is -0.366 e. The molecule has 136 valence electrons. The van der Waals surface area contributed by atoms with E-state index in [0.717, 1.165) is 22.2 Å². The molecule has 5 nitrogen and oxygen atoms in total. The predicted octanol–water partition coefficient (Wildman–Crippen LogP) is 3.72. The van der Waals surface area contributed by atoms with E-state index in [1.54, 1.807) is 18.2 Å². The van der Waals surface area contributed by atoms with E-state index in [0.29, 0.717) is 37.4 Å². The van der Waals surface area contributed by atoms with Crippen LogP contribution >= 0.6 is 0 Å². The molecule has 5 rings (SSSR count). The highest BCUT2D eigenvalue weighted by Crippen LogP contribution is 2.30. The minimum atomic E-state index is -0.290. The van der Waals surface area contributed by atoms with Crippen molar-refractivity contribution >= 4 is 33.4 Å². The Hall–Kier alpha value is -3.22. The van der Waals surface area contributed by atoms with Crippen LogP contribution in [0.2, 0.25) is 0 Å².